The minimum absolute atomic E-state index is 0.169. The van der Waals surface area contributed by atoms with Crippen LogP contribution in [-0.4, -0.2) is 75.0 Å². The molecular formula is C49H52N6O5. The summed E-state index contributed by atoms with van der Waals surface area (Å²) in [4.78, 5) is 62.5. The Balaban J connectivity index is 1.03. The lowest BCUT2D eigenvalue weighted by Gasteiger charge is -2.37. The molecule has 2 aromatic heterocycles. The Bertz CT molecular complexity index is 2440. The summed E-state index contributed by atoms with van der Waals surface area (Å²) in [5.74, 6) is -1.32. The number of carbonyl (C=O) groups excluding carboxylic acids is 3. The second kappa shape index (κ2) is 16.8. The predicted molar refractivity (Wildman–Crippen MR) is 234 cm³/mol. The lowest BCUT2D eigenvalue weighted by molar-refractivity contribution is -0.136. The summed E-state index contributed by atoms with van der Waals surface area (Å²) >= 11 is 0. The first-order valence-electron chi connectivity index (χ1n) is 21.6. The van der Waals surface area contributed by atoms with Gasteiger partial charge in [0.05, 0.1) is 11.6 Å². The Morgan fingerprint density at radius 1 is 0.817 bits per heavy atom. The Labute approximate surface area is 350 Å². The second-order valence-corrected chi connectivity index (χ2v) is 17.0. The van der Waals surface area contributed by atoms with Gasteiger partial charge in [0.1, 0.15) is 5.54 Å². The van der Waals surface area contributed by atoms with Gasteiger partial charge in [0.2, 0.25) is 11.8 Å². The van der Waals surface area contributed by atoms with E-state index in [1.165, 1.54) is 47.7 Å². The number of carboxylic acid groups (broad SMARTS) is 1. The third-order valence-electron chi connectivity index (χ3n) is 13.3. The van der Waals surface area contributed by atoms with Crippen LogP contribution in [-0.2, 0) is 27.3 Å². The summed E-state index contributed by atoms with van der Waals surface area (Å²) in [6, 6.07) is 25.6. The number of aliphatic carboxylic acids is 1. The zero-order chi connectivity index (χ0) is 41.2. The van der Waals surface area contributed by atoms with E-state index in [2.05, 4.69) is 55.4 Å². The summed E-state index contributed by atoms with van der Waals surface area (Å²) in [7, 11) is 0. The van der Waals surface area contributed by atoms with Crippen molar-refractivity contribution in [2.75, 3.05) is 36.4 Å². The quantitative estimate of drug-likeness (QED) is 0.128. The summed E-state index contributed by atoms with van der Waals surface area (Å²) < 4.78 is 2.35. The maximum absolute atomic E-state index is 14.6. The zero-order valence-electron chi connectivity index (χ0n) is 33.9. The van der Waals surface area contributed by atoms with E-state index in [-0.39, 0.29) is 23.6 Å². The molecule has 11 heteroatoms. The number of nitrogens with zero attached hydrogens (tertiary/aromatic N) is 4. The van der Waals surface area contributed by atoms with Gasteiger partial charge in [-0.25, -0.2) is 4.79 Å². The van der Waals surface area contributed by atoms with E-state index < -0.39 is 11.5 Å². The molecule has 1 atom stereocenters. The number of rotatable bonds is 9. The molecule has 60 heavy (non-hydrogen) atoms. The molecule has 5 aromatic rings. The lowest BCUT2D eigenvalue weighted by atomic mass is 9.81. The minimum Gasteiger partial charge on any atom is -0.478 e. The number of hydrogen-bond acceptors (Lipinski definition) is 6. The standard InChI is InChI=1S/C49H52N6O5/c56-43(57)19-14-33-12-16-38(17-13-33)51-48(60)49(22-6-7-23-49)52-46(58)36-15-18-41-42(31-36)55-32-37(47(59)54-28-26-53(27-29-54)39-20-24-50-25-21-39)30-35-10-4-5-11-40(35)45(55)44(41)34-8-2-1-3-9-34/h4-5,10-21,24-25,31,34,37H,1-3,6-9,22-23,26-30,32H2,(H,51,60)(H,52,58)(H,56,57). The van der Waals surface area contributed by atoms with Gasteiger partial charge >= 0.3 is 5.97 Å². The van der Waals surface area contributed by atoms with Gasteiger partial charge in [0.15, 0.2) is 0 Å². The van der Waals surface area contributed by atoms with Crippen molar-refractivity contribution in [3.05, 3.63) is 120 Å². The number of anilines is 2. The number of aromatic nitrogens is 2. The molecule has 0 bridgehead atoms. The van der Waals surface area contributed by atoms with Crippen molar-refractivity contribution in [3.63, 3.8) is 0 Å². The first-order chi connectivity index (χ1) is 29.3. The molecule has 2 aliphatic carbocycles. The molecule has 2 saturated carbocycles. The van der Waals surface area contributed by atoms with E-state index in [1.807, 2.05) is 41.6 Å². The number of pyridine rings is 1. The Kier molecular flexibility index (Phi) is 11.0. The SMILES string of the molecule is O=C(O)C=Cc1ccc(NC(=O)C2(NC(=O)c3ccc4c(C5CCCCC5)c5n(c4c3)CC(C(=O)N3CCN(c4ccncc4)CC3)Cc3ccccc3-5)CCCC2)cc1. The molecule has 3 fully saturated rings. The minimum atomic E-state index is -1.07. The molecular weight excluding hydrogens is 753 g/mol. The van der Waals surface area contributed by atoms with Gasteiger partial charge < -0.3 is 30.1 Å². The number of benzene rings is 3. The number of fused-ring (bicyclic) bond motifs is 5. The maximum atomic E-state index is 14.6. The summed E-state index contributed by atoms with van der Waals surface area (Å²) in [6.45, 7) is 3.35. The molecule has 3 amide bonds. The lowest BCUT2D eigenvalue weighted by Crippen LogP contribution is -2.55. The number of nitrogens with one attached hydrogen (secondary N) is 2. The first-order valence-corrected chi connectivity index (χ1v) is 21.6. The molecule has 4 aliphatic rings. The van der Waals surface area contributed by atoms with Gasteiger partial charge in [0.25, 0.3) is 5.91 Å². The van der Waals surface area contributed by atoms with Gasteiger partial charge in [-0.3, -0.25) is 19.4 Å². The topological polar surface area (TPSA) is 137 Å². The van der Waals surface area contributed by atoms with E-state index in [0.717, 1.165) is 61.4 Å². The highest BCUT2D eigenvalue weighted by Gasteiger charge is 2.43. The zero-order valence-corrected chi connectivity index (χ0v) is 33.9. The van der Waals surface area contributed by atoms with Crippen LogP contribution in [0.4, 0.5) is 11.4 Å². The number of carboxylic acids is 1. The third-order valence-corrected chi connectivity index (χ3v) is 13.3. The van der Waals surface area contributed by atoms with Crippen molar-refractivity contribution in [2.24, 2.45) is 5.92 Å². The predicted octanol–water partition coefficient (Wildman–Crippen LogP) is 8.05. The van der Waals surface area contributed by atoms with Crippen LogP contribution in [0.25, 0.3) is 28.2 Å². The molecule has 1 saturated heterocycles. The number of amides is 3. The maximum Gasteiger partial charge on any atom is 0.328 e. The summed E-state index contributed by atoms with van der Waals surface area (Å²) in [5.41, 5.74) is 7.63. The van der Waals surface area contributed by atoms with Crippen molar-refractivity contribution < 1.29 is 24.3 Å². The van der Waals surface area contributed by atoms with Gasteiger partial charge in [0, 0.05) is 84.6 Å². The van der Waals surface area contributed by atoms with E-state index >= 15 is 0 Å². The van der Waals surface area contributed by atoms with Gasteiger partial charge in [-0.1, -0.05) is 74.6 Å². The smallest absolute Gasteiger partial charge is 0.328 e. The molecule has 0 spiro atoms. The van der Waals surface area contributed by atoms with Crippen molar-refractivity contribution in [1.29, 1.82) is 0 Å². The Morgan fingerprint density at radius 2 is 1.55 bits per heavy atom. The highest BCUT2D eigenvalue weighted by Crippen LogP contribution is 2.47. The van der Waals surface area contributed by atoms with E-state index in [1.54, 1.807) is 24.3 Å². The molecule has 4 heterocycles. The van der Waals surface area contributed by atoms with Crippen LogP contribution in [0.15, 0.2) is 97.3 Å². The van der Waals surface area contributed by atoms with Crippen molar-refractivity contribution in [2.45, 2.75) is 82.2 Å². The van der Waals surface area contributed by atoms with Crippen molar-refractivity contribution in [3.8, 4) is 11.3 Å². The number of piperazine rings is 1. The number of carbonyl (C=O) groups is 4. The monoisotopic (exact) mass is 804 g/mol. The average molecular weight is 805 g/mol. The van der Waals surface area contributed by atoms with Crippen molar-refractivity contribution >= 4 is 52.0 Å². The van der Waals surface area contributed by atoms with Crippen LogP contribution in [0.5, 0.6) is 0 Å². The molecule has 3 aromatic carbocycles. The molecule has 3 N–H and O–H groups in total. The molecule has 0 radical (unpaired) electrons. The third kappa shape index (κ3) is 7.80. The van der Waals surface area contributed by atoms with Crippen LogP contribution in [0.1, 0.15) is 90.8 Å². The Hall–Kier alpha value is -6.23. The Morgan fingerprint density at radius 3 is 2.28 bits per heavy atom. The summed E-state index contributed by atoms with van der Waals surface area (Å²) in [6.07, 6.45) is 15.3. The fraction of sp³-hybridized carbons (Fsp3) is 0.367. The molecule has 9 rings (SSSR count). The highest BCUT2D eigenvalue weighted by molar-refractivity contribution is 6.06. The van der Waals surface area contributed by atoms with Crippen LogP contribution < -0.4 is 15.5 Å². The van der Waals surface area contributed by atoms with Crippen LogP contribution in [0.2, 0.25) is 0 Å². The molecule has 11 nitrogen and oxygen atoms in total. The summed E-state index contributed by atoms with van der Waals surface area (Å²) in [5, 5.41) is 16.3. The van der Waals surface area contributed by atoms with Crippen LogP contribution in [0.3, 0.4) is 0 Å². The fourth-order valence-electron chi connectivity index (χ4n) is 10.2. The first kappa shape index (κ1) is 39.2. The van der Waals surface area contributed by atoms with E-state index in [0.29, 0.717) is 61.6 Å². The molecule has 2 aliphatic heterocycles. The van der Waals surface area contributed by atoms with E-state index in [4.69, 9.17) is 5.11 Å². The van der Waals surface area contributed by atoms with Crippen molar-refractivity contribution in [1.82, 2.24) is 19.8 Å². The van der Waals surface area contributed by atoms with Gasteiger partial charge in [-0.2, -0.15) is 0 Å². The molecule has 1 unspecified atom stereocenters. The van der Waals surface area contributed by atoms with Gasteiger partial charge in [-0.05, 0) is 97.2 Å². The van der Waals surface area contributed by atoms with E-state index in [9.17, 15) is 19.2 Å². The molecule has 308 valence electrons. The fourth-order valence-corrected chi connectivity index (χ4v) is 10.2. The second-order valence-electron chi connectivity index (χ2n) is 17.0. The van der Waals surface area contributed by atoms with Gasteiger partial charge in [-0.15, -0.1) is 0 Å². The number of hydrogen-bond donors (Lipinski definition) is 3. The normalized spacial score (nSPS) is 19.1. The van der Waals surface area contributed by atoms with Crippen LogP contribution in [0, 0.1) is 5.92 Å². The van der Waals surface area contributed by atoms with Crippen LogP contribution >= 0.6 is 0 Å². The average Bonchev–Trinajstić information content (AvgIpc) is 3.84. The largest absolute Gasteiger partial charge is 0.478 e. The highest BCUT2D eigenvalue weighted by atomic mass is 16.4.